The molecule has 4 heteroatoms. The lowest BCUT2D eigenvalue weighted by Crippen LogP contribution is -2.25. The Hall–Kier alpha value is -1.32. The van der Waals surface area contributed by atoms with Crippen LogP contribution in [0.25, 0.3) is 0 Å². The molecular weight excluding hydrogens is 194 g/mol. The van der Waals surface area contributed by atoms with Crippen LogP contribution >= 0.6 is 0 Å². The summed E-state index contributed by atoms with van der Waals surface area (Å²) in [6.07, 6.45) is 0.221. The van der Waals surface area contributed by atoms with Gasteiger partial charge in [-0.2, -0.15) is 0 Å². The van der Waals surface area contributed by atoms with E-state index in [1.54, 1.807) is 6.92 Å². The number of rotatable bonds is 2. The maximum atomic E-state index is 11.5. The normalized spacial score (nSPS) is 11.5. The number of hydrogen-bond acceptors (Lipinski definition) is 4. The van der Waals surface area contributed by atoms with E-state index in [-0.39, 0.29) is 12.4 Å². The van der Waals surface area contributed by atoms with Crippen LogP contribution in [0, 0.1) is 13.8 Å². The molecule has 1 heterocycles. The Morgan fingerprint density at radius 1 is 1.40 bits per heavy atom. The Labute approximate surface area is 89.6 Å². The molecule has 0 saturated carbocycles. The fraction of sp³-hybridized carbons (Fsp3) is 0.636. The SMILES string of the molecule is Cc1noc(C)c1CC(=O)OC(C)(C)C. The molecule has 1 aromatic heterocycles. The minimum absolute atomic E-state index is 0.221. The third-order valence-corrected chi connectivity index (χ3v) is 1.92. The third kappa shape index (κ3) is 3.38. The van der Waals surface area contributed by atoms with Gasteiger partial charge in [-0.05, 0) is 34.6 Å². The van der Waals surface area contributed by atoms with Crippen LogP contribution < -0.4 is 0 Å². The van der Waals surface area contributed by atoms with E-state index >= 15 is 0 Å². The molecule has 0 N–H and O–H groups in total. The van der Waals surface area contributed by atoms with Crippen LogP contribution in [-0.2, 0) is 16.0 Å². The van der Waals surface area contributed by atoms with Crippen LogP contribution in [0.15, 0.2) is 4.52 Å². The van der Waals surface area contributed by atoms with Crippen molar-refractivity contribution in [1.82, 2.24) is 5.16 Å². The van der Waals surface area contributed by atoms with E-state index in [9.17, 15) is 4.79 Å². The summed E-state index contributed by atoms with van der Waals surface area (Å²) in [6.45, 7) is 9.14. The monoisotopic (exact) mass is 211 g/mol. The van der Waals surface area contributed by atoms with Crippen molar-refractivity contribution < 1.29 is 14.1 Å². The van der Waals surface area contributed by atoms with Crippen LogP contribution in [0.3, 0.4) is 0 Å². The van der Waals surface area contributed by atoms with Crippen molar-refractivity contribution >= 4 is 5.97 Å². The molecule has 0 amide bonds. The van der Waals surface area contributed by atoms with Gasteiger partial charge in [-0.15, -0.1) is 0 Å². The lowest BCUT2D eigenvalue weighted by molar-refractivity contribution is -0.153. The number of carbonyl (C=O) groups is 1. The van der Waals surface area contributed by atoms with Gasteiger partial charge in [0.05, 0.1) is 12.1 Å². The summed E-state index contributed by atoms with van der Waals surface area (Å²) in [5.74, 6) is 0.426. The molecule has 15 heavy (non-hydrogen) atoms. The minimum Gasteiger partial charge on any atom is -0.460 e. The summed E-state index contributed by atoms with van der Waals surface area (Å²) in [7, 11) is 0. The van der Waals surface area contributed by atoms with Crippen molar-refractivity contribution in [3.8, 4) is 0 Å². The molecular formula is C11H17NO3. The number of carbonyl (C=O) groups excluding carboxylic acids is 1. The number of aryl methyl sites for hydroxylation is 2. The van der Waals surface area contributed by atoms with E-state index in [0.717, 1.165) is 11.3 Å². The molecule has 0 saturated heterocycles. The number of nitrogens with zero attached hydrogens (tertiary/aromatic N) is 1. The maximum absolute atomic E-state index is 11.5. The van der Waals surface area contributed by atoms with E-state index in [1.807, 2.05) is 27.7 Å². The quantitative estimate of drug-likeness (QED) is 0.703. The maximum Gasteiger partial charge on any atom is 0.310 e. The average Bonchev–Trinajstić information content (AvgIpc) is 2.32. The van der Waals surface area contributed by atoms with Crippen LogP contribution in [-0.4, -0.2) is 16.7 Å². The van der Waals surface area contributed by atoms with Crippen molar-refractivity contribution in [2.75, 3.05) is 0 Å². The molecule has 1 rings (SSSR count). The molecule has 0 unspecified atom stereocenters. The molecule has 0 aliphatic carbocycles. The van der Waals surface area contributed by atoms with Crippen molar-refractivity contribution in [2.24, 2.45) is 0 Å². The largest absolute Gasteiger partial charge is 0.460 e. The lowest BCUT2D eigenvalue weighted by atomic mass is 10.1. The molecule has 0 aliphatic rings. The predicted octanol–water partition coefficient (Wildman–Crippen LogP) is 2.18. The van der Waals surface area contributed by atoms with Crippen molar-refractivity contribution in [3.63, 3.8) is 0 Å². The summed E-state index contributed by atoms with van der Waals surface area (Å²) in [5, 5.41) is 3.78. The van der Waals surface area contributed by atoms with Gasteiger partial charge in [0, 0.05) is 5.56 Å². The standard InChI is InChI=1S/C11H17NO3/c1-7-9(8(2)15-12-7)6-10(13)14-11(3,4)5/h6H2,1-5H3. The Morgan fingerprint density at radius 3 is 2.40 bits per heavy atom. The summed E-state index contributed by atoms with van der Waals surface area (Å²) in [6, 6.07) is 0. The van der Waals surface area contributed by atoms with Crippen LogP contribution in [0.4, 0.5) is 0 Å². The molecule has 0 spiro atoms. The zero-order valence-corrected chi connectivity index (χ0v) is 9.88. The minimum atomic E-state index is -0.448. The Morgan fingerprint density at radius 2 is 2.00 bits per heavy atom. The Bertz CT molecular complexity index is 341. The molecule has 84 valence electrons. The van der Waals surface area contributed by atoms with Gasteiger partial charge in [0.2, 0.25) is 0 Å². The lowest BCUT2D eigenvalue weighted by Gasteiger charge is -2.19. The van der Waals surface area contributed by atoms with Gasteiger partial charge >= 0.3 is 5.97 Å². The van der Waals surface area contributed by atoms with Gasteiger partial charge in [0.15, 0.2) is 0 Å². The van der Waals surface area contributed by atoms with E-state index < -0.39 is 5.60 Å². The van der Waals surface area contributed by atoms with Gasteiger partial charge < -0.3 is 9.26 Å². The molecule has 0 aromatic carbocycles. The highest BCUT2D eigenvalue weighted by Crippen LogP contribution is 2.15. The average molecular weight is 211 g/mol. The van der Waals surface area contributed by atoms with Crippen LogP contribution in [0.5, 0.6) is 0 Å². The van der Waals surface area contributed by atoms with Gasteiger partial charge in [-0.3, -0.25) is 4.79 Å². The molecule has 4 nitrogen and oxygen atoms in total. The highest BCUT2D eigenvalue weighted by Gasteiger charge is 2.19. The predicted molar refractivity (Wildman–Crippen MR) is 55.5 cm³/mol. The number of hydrogen-bond donors (Lipinski definition) is 0. The number of ether oxygens (including phenoxy) is 1. The number of esters is 1. The summed E-state index contributed by atoms with van der Waals surface area (Å²) < 4.78 is 10.2. The van der Waals surface area contributed by atoms with Gasteiger partial charge in [-0.25, -0.2) is 0 Å². The highest BCUT2D eigenvalue weighted by atomic mass is 16.6. The second kappa shape index (κ2) is 4.04. The van der Waals surface area contributed by atoms with E-state index in [4.69, 9.17) is 9.26 Å². The fourth-order valence-electron chi connectivity index (χ4n) is 1.28. The first-order valence-electron chi connectivity index (χ1n) is 4.93. The summed E-state index contributed by atoms with van der Waals surface area (Å²) in [4.78, 5) is 11.5. The van der Waals surface area contributed by atoms with E-state index in [2.05, 4.69) is 5.16 Å². The third-order valence-electron chi connectivity index (χ3n) is 1.92. The molecule has 0 radical (unpaired) electrons. The molecule has 1 aromatic rings. The van der Waals surface area contributed by atoms with Crippen molar-refractivity contribution in [3.05, 3.63) is 17.0 Å². The highest BCUT2D eigenvalue weighted by molar-refractivity contribution is 5.73. The first kappa shape index (κ1) is 11.8. The van der Waals surface area contributed by atoms with Gasteiger partial charge in [-0.1, -0.05) is 5.16 Å². The first-order valence-corrected chi connectivity index (χ1v) is 4.93. The summed E-state index contributed by atoms with van der Waals surface area (Å²) in [5.41, 5.74) is 1.12. The number of aromatic nitrogens is 1. The Balaban J connectivity index is 2.67. The first-order chi connectivity index (χ1) is 6.79. The second-order valence-corrected chi connectivity index (χ2v) is 4.57. The topological polar surface area (TPSA) is 52.3 Å². The molecule has 0 bridgehead atoms. The Kier molecular flexibility index (Phi) is 3.17. The van der Waals surface area contributed by atoms with Crippen LogP contribution in [0.2, 0.25) is 0 Å². The smallest absolute Gasteiger partial charge is 0.310 e. The van der Waals surface area contributed by atoms with Crippen molar-refractivity contribution in [1.29, 1.82) is 0 Å². The molecule has 0 aliphatic heterocycles. The fourth-order valence-corrected chi connectivity index (χ4v) is 1.28. The van der Waals surface area contributed by atoms with Crippen LogP contribution in [0.1, 0.15) is 37.8 Å². The summed E-state index contributed by atoms with van der Waals surface area (Å²) >= 11 is 0. The van der Waals surface area contributed by atoms with Gasteiger partial charge in [0.1, 0.15) is 11.4 Å². The molecule has 0 fully saturated rings. The second-order valence-electron chi connectivity index (χ2n) is 4.57. The van der Waals surface area contributed by atoms with E-state index in [1.165, 1.54) is 0 Å². The zero-order chi connectivity index (χ0) is 11.6. The van der Waals surface area contributed by atoms with E-state index in [0.29, 0.717) is 5.76 Å². The van der Waals surface area contributed by atoms with Gasteiger partial charge in [0.25, 0.3) is 0 Å². The van der Waals surface area contributed by atoms with Crippen molar-refractivity contribution in [2.45, 2.75) is 46.6 Å². The molecule has 0 atom stereocenters. The zero-order valence-electron chi connectivity index (χ0n) is 9.88.